The highest BCUT2D eigenvalue weighted by Crippen LogP contribution is 2.26. The van der Waals surface area contributed by atoms with Crippen LogP contribution in [0.1, 0.15) is 22.5 Å². The fourth-order valence-corrected chi connectivity index (χ4v) is 2.90. The molecule has 1 aliphatic heterocycles. The minimum atomic E-state index is 0.657. The van der Waals surface area contributed by atoms with E-state index in [1.54, 1.807) is 0 Å². The van der Waals surface area contributed by atoms with Crippen molar-refractivity contribution in [1.82, 2.24) is 4.98 Å². The summed E-state index contributed by atoms with van der Waals surface area (Å²) in [6.07, 6.45) is 1.91. The Labute approximate surface area is 133 Å². The molecule has 0 radical (unpaired) electrons. The standard InChI is InChI=1S/C17H18BrNO2/c1-12-2-4-17(15(11-18)19-12)21-8-6-13-3-5-16-14(10-13)7-9-20-16/h2-5,10H,6-9,11H2,1H3. The van der Waals surface area contributed by atoms with Gasteiger partial charge < -0.3 is 9.47 Å². The van der Waals surface area contributed by atoms with Gasteiger partial charge in [0.05, 0.1) is 18.9 Å². The molecule has 1 aromatic heterocycles. The number of fused-ring (bicyclic) bond motifs is 1. The maximum absolute atomic E-state index is 5.88. The van der Waals surface area contributed by atoms with Crippen molar-refractivity contribution in [2.24, 2.45) is 0 Å². The van der Waals surface area contributed by atoms with Gasteiger partial charge in [-0.15, -0.1) is 0 Å². The molecule has 1 aliphatic rings. The van der Waals surface area contributed by atoms with Gasteiger partial charge in [0.25, 0.3) is 0 Å². The third-order valence-electron chi connectivity index (χ3n) is 3.60. The number of ether oxygens (including phenoxy) is 2. The third kappa shape index (κ3) is 3.38. The van der Waals surface area contributed by atoms with Gasteiger partial charge in [-0.25, -0.2) is 0 Å². The lowest BCUT2D eigenvalue weighted by Gasteiger charge is -2.10. The van der Waals surface area contributed by atoms with Gasteiger partial charge in [-0.05, 0) is 36.2 Å². The molecule has 0 aliphatic carbocycles. The maximum atomic E-state index is 5.88. The molecular weight excluding hydrogens is 330 g/mol. The topological polar surface area (TPSA) is 31.4 Å². The minimum Gasteiger partial charge on any atom is -0.493 e. The number of benzene rings is 1. The zero-order chi connectivity index (χ0) is 14.7. The number of aryl methyl sites for hydroxylation is 1. The van der Waals surface area contributed by atoms with Crippen molar-refractivity contribution in [3.63, 3.8) is 0 Å². The summed E-state index contributed by atoms with van der Waals surface area (Å²) in [5, 5.41) is 0.709. The van der Waals surface area contributed by atoms with Crippen LogP contribution in [0.5, 0.6) is 11.5 Å². The number of alkyl halides is 1. The molecule has 0 N–H and O–H groups in total. The minimum absolute atomic E-state index is 0.657. The number of nitrogens with zero attached hydrogens (tertiary/aromatic N) is 1. The van der Waals surface area contributed by atoms with Crippen LogP contribution in [0.3, 0.4) is 0 Å². The SMILES string of the molecule is Cc1ccc(OCCc2ccc3c(c2)CCO3)c(CBr)n1. The first-order chi connectivity index (χ1) is 10.3. The largest absolute Gasteiger partial charge is 0.493 e. The van der Waals surface area contributed by atoms with Crippen LogP contribution in [0.4, 0.5) is 0 Å². The van der Waals surface area contributed by atoms with Crippen molar-refractivity contribution in [3.8, 4) is 11.5 Å². The molecule has 0 atom stereocenters. The zero-order valence-electron chi connectivity index (χ0n) is 12.1. The molecule has 0 spiro atoms. The van der Waals surface area contributed by atoms with E-state index in [1.807, 2.05) is 19.1 Å². The van der Waals surface area contributed by atoms with Crippen LogP contribution in [0.2, 0.25) is 0 Å². The molecule has 0 unspecified atom stereocenters. The van der Waals surface area contributed by atoms with Gasteiger partial charge in [0, 0.05) is 23.9 Å². The van der Waals surface area contributed by atoms with Crippen LogP contribution in [0, 0.1) is 6.92 Å². The number of halogens is 1. The number of pyridine rings is 1. The van der Waals surface area contributed by atoms with Crippen molar-refractivity contribution in [2.45, 2.75) is 25.1 Å². The smallest absolute Gasteiger partial charge is 0.141 e. The number of hydrogen-bond acceptors (Lipinski definition) is 3. The van der Waals surface area contributed by atoms with Crippen molar-refractivity contribution < 1.29 is 9.47 Å². The molecule has 0 fully saturated rings. The van der Waals surface area contributed by atoms with Gasteiger partial charge in [0.15, 0.2) is 0 Å². The van der Waals surface area contributed by atoms with E-state index in [-0.39, 0.29) is 0 Å². The van der Waals surface area contributed by atoms with E-state index in [9.17, 15) is 0 Å². The van der Waals surface area contributed by atoms with Gasteiger partial charge in [-0.2, -0.15) is 0 Å². The second kappa shape index (κ2) is 6.48. The first kappa shape index (κ1) is 14.4. The van der Waals surface area contributed by atoms with Gasteiger partial charge >= 0.3 is 0 Å². The Morgan fingerprint density at radius 2 is 2.19 bits per heavy atom. The molecule has 1 aromatic carbocycles. The van der Waals surface area contributed by atoms with Gasteiger partial charge in [-0.1, -0.05) is 28.1 Å². The van der Waals surface area contributed by atoms with E-state index < -0.39 is 0 Å². The molecule has 3 nitrogen and oxygen atoms in total. The van der Waals surface area contributed by atoms with E-state index in [2.05, 4.69) is 39.1 Å². The Bertz CT molecular complexity index is 643. The van der Waals surface area contributed by atoms with Crippen molar-refractivity contribution in [2.75, 3.05) is 13.2 Å². The second-order valence-corrected chi connectivity index (χ2v) is 5.73. The van der Waals surface area contributed by atoms with Gasteiger partial charge in [0.1, 0.15) is 11.5 Å². The Morgan fingerprint density at radius 1 is 1.29 bits per heavy atom. The Kier molecular flexibility index (Phi) is 4.44. The highest BCUT2D eigenvalue weighted by molar-refractivity contribution is 9.08. The fourth-order valence-electron chi connectivity index (χ4n) is 2.50. The average Bonchev–Trinajstić information content (AvgIpc) is 2.96. The Balaban J connectivity index is 1.61. The summed E-state index contributed by atoms with van der Waals surface area (Å²) < 4.78 is 11.4. The molecule has 0 saturated heterocycles. The highest BCUT2D eigenvalue weighted by atomic mass is 79.9. The lowest BCUT2D eigenvalue weighted by Crippen LogP contribution is -2.04. The van der Waals surface area contributed by atoms with Crippen LogP contribution in [0.25, 0.3) is 0 Å². The van der Waals surface area contributed by atoms with E-state index in [0.29, 0.717) is 11.9 Å². The summed E-state index contributed by atoms with van der Waals surface area (Å²) >= 11 is 3.46. The first-order valence-corrected chi connectivity index (χ1v) is 8.28. The van der Waals surface area contributed by atoms with Crippen molar-refractivity contribution in [1.29, 1.82) is 0 Å². The Hall–Kier alpha value is -1.55. The third-order valence-corrected chi connectivity index (χ3v) is 4.13. The lowest BCUT2D eigenvalue weighted by atomic mass is 10.1. The number of rotatable bonds is 5. The fraction of sp³-hybridized carbons (Fsp3) is 0.353. The molecular formula is C17H18BrNO2. The highest BCUT2D eigenvalue weighted by Gasteiger charge is 2.12. The van der Waals surface area contributed by atoms with Crippen LogP contribution in [-0.4, -0.2) is 18.2 Å². The van der Waals surface area contributed by atoms with Gasteiger partial charge in [-0.3, -0.25) is 4.98 Å². The lowest BCUT2D eigenvalue weighted by molar-refractivity contribution is 0.318. The predicted molar refractivity (Wildman–Crippen MR) is 86.4 cm³/mol. The molecule has 2 heterocycles. The molecule has 0 saturated carbocycles. The van der Waals surface area contributed by atoms with Crippen LogP contribution < -0.4 is 9.47 Å². The summed E-state index contributed by atoms with van der Waals surface area (Å²) in [6, 6.07) is 10.4. The van der Waals surface area contributed by atoms with E-state index in [1.165, 1.54) is 11.1 Å². The maximum Gasteiger partial charge on any atom is 0.141 e. The predicted octanol–water partition coefficient (Wildman–Crippen LogP) is 3.84. The van der Waals surface area contributed by atoms with E-state index in [0.717, 1.165) is 42.3 Å². The summed E-state index contributed by atoms with van der Waals surface area (Å²) in [4.78, 5) is 4.48. The summed E-state index contributed by atoms with van der Waals surface area (Å²) in [5.74, 6) is 1.89. The molecule has 2 aromatic rings. The van der Waals surface area contributed by atoms with E-state index in [4.69, 9.17) is 9.47 Å². The zero-order valence-corrected chi connectivity index (χ0v) is 13.6. The average molecular weight is 348 g/mol. The quantitative estimate of drug-likeness (QED) is 0.770. The summed E-state index contributed by atoms with van der Waals surface area (Å²) in [5.41, 5.74) is 4.57. The van der Waals surface area contributed by atoms with Crippen LogP contribution in [0.15, 0.2) is 30.3 Å². The number of aromatic nitrogens is 1. The molecule has 3 rings (SSSR count). The Morgan fingerprint density at radius 3 is 3.05 bits per heavy atom. The molecule has 110 valence electrons. The second-order valence-electron chi connectivity index (χ2n) is 5.17. The van der Waals surface area contributed by atoms with Crippen LogP contribution in [-0.2, 0) is 18.2 Å². The normalized spacial score (nSPS) is 12.9. The van der Waals surface area contributed by atoms with Gasteiger partial charge in [0.2, 0.25) is 0 Å². The summed E-state index contributed by atoms with van der Waals surface area (Å²) in [7, 11) is 0. The van der Waals surface area contributed by atoms with Crippen molar-refractivity contribution in [3.05, 3.63) is 52.8 Å². The molecule has 0 amide bonds. The molecule has 0 bridgehead atoms. The molecule has 4 heteroatoms. The first-order valence-electron chi connectivity index (χ1n) is 7.16. The number of hydrogen-bond donors (Lipinski definition) is 0. The van der Waals surface area contributed by atoms with Crippen LogP contribution >= 0.6 is 15.9 Å². The monoisotopic (exact) mass is 347 g/mol. The summed E-state index contributed by atoms with van der Waals surface area (Å²) in [6.45, 7) is 3.45. The van der Waals surface area contributed by atoms with Crippen molar-refractivity contribution >= 4 is 15.9 Å². The van der Waals surface area contributed by atoms with E-state index >= 15 is 0 Å². The molecule has 21 heavy (non-hydrogen) atoms.